The van der Waals surface area contributed by atoms with Crippen molar-refractivity contribution in [2.45, 2.75) is 12.5 Å². The average Bonchev–Trinajstić information content (AvgIpc) is 2.90. The van der Waals surface area contributed by atoms with Crippen LogP contribution in [0, 0.1) is 5.92 Å². The minimum Gasteiger partial charge on any atom is -0.356 e. The van der Waals surface area contributed by atoms with Gasteiger partial charge in [-0.25, -0.2) is 0 Å². The Kier molecular flexibility index (Phi) is 2.52. The van der Waals surface area contributed by atoms with Crippen LogP contribution in [-0.2, 0) is 0 Å². The van der Waals surface area contributed by atoms with Gasteiger partial charge in [0.25, 0.3) is 5.91 Å². The van der Waals surface area contributed by atoms with Crippen molar-refractivity contribution in [1.82, 2.24) is 15.2 Å². The predicted octanol–water partition coefficient (Wildman–Crippen LogP) is 1.21. The number of carbonyl (C=O) groups excluding carboxylic acids is 1. The molecule has 3 heterocycles. The second-order valence-electron chi connectivity index (χ2n) is 4.50. The van der Waals surface area contributed by atoms with Crippen LogP contribution >= 0.6 is 15.9 Å². The molecule has 0 unspecified atom stereocenters. The molecule has 1 aromatic heterocycles. The van der Waals surface area contributed by atoms with Crippen molar-refractivity contribution in [3.63, 3.8) is 0 Å². The van der Waals surface area contributed by atoms with Crippen LogP contribution in [-0.4, -0.2) is 41.5 Å². The molecule has 0 saturated carbocycles. The molecule has 3 rings (SSSR count). The monoisotopic (exact) mass is 283 g/mol. The zero-order valence-electron chi connectivity index (χ0n) is 8.87. The third kappa shape index (κ3) is 1.58. The highest BCUT2D eigenvalue weighted by Crippen LogP contribution is 2.28. The molecule has 1 aromatic rings. The number of nitrogens with one attached hydrogen (secondary N) is 2. The number of amides is 1. The third-order valence-corrected chi connectivity index (χ3v) is 4.04. The molecular formula is C11H14BrN3O. The maximum absolute atomic E-state index is 12.2. The quantitative estimate of drug-likeness (QED) is 0.814. The molecule has 1 amide bonds. The van der Waals surface area contributed by atoms with Gasteiger partial charge < -0.3 is 15.2 Å². The molecule has 5 heteroatoms. The number of aromatic nitrogens is 1. The van der Waals surface area contributed by atoms with Gasteiger partial charge >= 0.3 is 0 Å². The van der Waals surface area contributed by atoms with Crippen LogP contribution in [0.15, 0.2) is 16.7 Å². The SMILES string of the molecule is O=C(c1cc(Br)c[nH]1)N1CC[C@H]2CNC[C@H]21. The maximum atomic E-state index is 12.2. The molecule has 86 valence electrons. The molecule has 0 aromatic carbocycles. The fourth-order valence-electron chi connectivity index (χ4n) is 2.75. The van der Waals surface area contributed by atoms with E-state index in [1.165, 1.54) is 0 Å². The standard InChI is InChI=1S/C11H14BrN3O/c12-8-3-9(14-5-8)11(16)15-2-1-7-4-13-6-10(7)15/h3,5,7,10,13-14H,1-2,4,6H2/t7-,10+/m0/s1. The van der Waals surface area contributed by atoms with Crippen LogP contribution in [0.25, 0.3) is 0 Å². The lowest BCUT2D eigenvalue weighted by Crippen LogP contribution is -2.39. The van der Waals surface area contributed by atoms with Crippen LogP contribution in [0.3, 0.4) is 0 Å². The van der Waals surface area contributed by atoms with Crippen LogP contribution in [0.2, 0.25) is 0 Å². The van der Waals surface area contributed by atoms with Crippen molar-refractivity contribution in [2.24, 2.45) is 5.92 Å². The van der Waals surface area contributed by atoms with E-state index in [0.29, 0.717) is 17.7 Å². The number of H-pyrrole nitrogens is 1. The van der Waals surface area contributed by atoms with E-state index in [-0.39, 0.29) is 5.91 Å². The predicted molar refractivity (Wildman–Crippen MR) is 64.3 cm³/mol. The Morgan fingerprint density at radius 2 is 2.38 bits per heavy atom. The second-order valence-corrected chi connectivity index (χ2v) is 5.42. The van der Waals surface area contributed by atoms with Gasteiger partial charge in [-0.1, -0.05) is 0 Å². The molecule has 2 atom stereocenters. The summed E-state index contributed by atoms with van der Waals surface area (Å²) in [6.07, 6.45) is 2.93. The first-order chi connectivity index (χ1) is 7.75. The molecule has 2 fully saturated rings. The van der Waals surface area contributed by atoms with E-state index in [4.69, 9.17) is 0 Å². The summed E-state index contributed by atoms with van der Waals surface area (Å²) in [7, 11) is 0. The first-order valence-corrected chi connectivity index (χ1v) is 6.40. The number of hydrogen-bond donors (Lipinski definition) is 2. The van der Waals surface area contributed by atoms with E-state index in [2.05, 4.69) is 26.2 Å². The fourth-order valence-corrected chi connectivity index (χ4v) is 3.09. The largest absolute Gasteiger partial charge is 0.356 e. The van der Waals surface area contributed by atoms with E-state index in [1.807, 2.05) is 11.0 Å². The van der Waals surface area contributed by atoms with Crippen LogP contribution in [0.5, 0.6) is 0 Å². The van der Waals surface area contributed by atoms with Gasteiger partial charge in [0.05, 0.1) is 0 Å². The highest BCUT2D eigenvalue weighted by Gasteiger charge is 2.40. The van der Waals surface area contributed by atoms with Crippen molar-refractivity contribution in [3.8, 4) is 0 Å². The number of hydrogen-bond acceptors (Lipinski definition) is 2. The van der Waals surface area contributed by atoms with E-state index in [0.717, 1.165) is 30.5 Å². The summed E-state index contributed by atoms with van der Waals surface area (Å²) in [6.45, 7) is 2.90. The topological polar surface area (TPSA) is 48.1 Å². The number of nitrogens with zero attached hydrogens (tertiary/aromatic N) is 1. The van der Waals surface area contributed by atoms with E-state index in [9.17, 15) is 4.79 Å². The lowest BCUT2D eigenvalue weighted by molar-refractivity contribution is 0.0732. The molecule has 2 aliphatic heterocycles. The van der Waals surface area contributed by atoms with Crippen LogP contribution < -0.4 is 5.32 Å². The average molecular weight is 284 g/mol. The molecule has 0 bridgehead atoms. The van der Waals surface area contributed by atoms with E-state index >= 15 is 0 Å². The van der Waals surface area contributed by atoms with Gasteiger partial charge in [-0.2, -0.15) is 0 Å². The Balaban J connectivity index is 1.80. The second kappa shape index (κ2) is 3.89. The molecule has 2 aliphatic rings. The van der Waals surface area contributed by atoms with Gasteiger partial charge in [0.1, 0.15) is 5.69 Å². The Morgan fingerprint density at radius 1 is 1.50 bits per heavy atom. The number of aromatic amines is 1. The molecule has 0 spiro atoms. The van der Waals surface area contributed by atoms with E-state index in [1.54, 1.807) is 6.20 Å². The van der Waals surface area contributed by atoms with Crippen LogP contribution in [0.1, 0.15) is 16.9 Å². The Bertz CT molecular complexity index is 417. The molecule has 4 nitrogen and oxygen atoms in total. The zero-order chi connectivity index (χ0) is 11.1. The normalized spacial score (nSPS) is 28.4. The number of fused-ring (bicyclic) bond motifs is 1. The molecule has 0 radical (unpaired) electrons. The number of halogens is 1. The van der Waals surface area contributed by atoms with Gasteiger partial charge in [0, 0.05) is 36.3 Å². The van der Waals surface area contributed by atoms with Crippen molar-refractivity contribution in [3.05, 3.63) is 22.4 Å². The first kappa shape index (κ1) is 10.4. The lowest BCUT2D eigenvalue weighted by Gasteiger charge is -2.22. The molecule has 2 saturated heterocycles. The summed E-state index contributed by atoms with van der Waals surface area (Å²) in [5.41, 5.74) is 0.680. The van der Waals surface area contributed by atoms with Crippen molar-refractivity contribution < 1.29 is 4.79 Å². The minimum absolute atomic E-state index is 0.127. The van der Waals surface area contributed by atoms with E-state index < -0.39 is 0 Å². The fraction of sp³-hybridized carbons (Fsp3) is 0.545. The number of rotatable bonds is 1. The van der Waals surface area contributed by atoms with Crippen molar-refractivity contribution in [1.29, 1.82) is 0 Å². The van der Waals surface area contributed by atoms with Crippen molar-refractivity contribution in [2.75, 3.05) is 19.6 Å². The smallest absolute Gasteiger partial charge is 0.270 e. The Labute approximate surface area is 103 Å². The zero-order valence-corrected chi connectivity index (χ0v) is 10.5. The highest BCUT2D eigenvalue weighted by molar-refractivity contribution is 9.10. The van der Waals surface area contributed by atoms with Gasteiger partial charge in [0.2, 0.25) is 0 Å². The molecule has 16 heavy (non-hydrogen) atoms. The molecule has 0 aliphatic carbocycles. The minimum atomic E-state index is 0.127. The van der Waals surface area contributed by atoms with Crippen LogP contribution in [0.4, 0.5) is 0 Å². The summed E-state index contributed by atoms with van der Waals surface area (Å²) in [6, 6.07) is 2.24. The number of carbonyl (C=O) groups is 1. The summed E-state index contributed by atoms with van der Waals surface area (Å²) in [4.78, 5) is 17.3. The van der Waals surface area contributed by atoms with Gasteiger partial charge in [-0.3, -0.25) is 4.79 Å². The summed E-state index contributed by atoms with van der Waals surface area (Å²) in [5.74, 6) is 0.782. The summed E-state index contributed by atoms with van der Waals surface area (Å²) >= 11 is 3.35. The summed E-state index contributed by atoms with van der Waals surface area (Å²) < 4.78 is 0.927. The first-order valence-electron chi connectivity index (χ1n) is 5.61. The molecular weight excluding hydrogens is 270 g/mol. The third-order valence-electron chi connectivity index (χ3n) is 3.58. The Hall–Kier alpha value is -0.810. The highest BCUT2D eigenvalue weighted by atomic mass is 79.9. The lowest BCUT2D eigenvalue weighted by atomic mass is 10.1. The summed E-state index contributed by atoms with van der Waals surface area (Å²) in [5, 5.41) is 3.35. The number of likely N-dealkylation sites (tertiary alicyclic amines) is 1. The van der Waals surface area contributed by atoms with Gasteiger partial charge in [-0.15, -0.1) is 0 Å². The van der Waals surface area contributed by atoms with Crippen molar-refractivity contribution >= 4 is 21.8 Å². The van der Waals surface area contributed by atoms with Gasteiger partial charge in [-0.05, 0) is 34.3 Å². The maximum Gasteiger partial charge on any atom is 0.270 e. The Morgan fingerprint density at radius 3 is 3.12 bits per heavy atom. The van der Waals surface area contributed by atoms with Gasteiger partial charge in [0.15, 0.2) is 0 Å². The molecule has 2 N–H and O–H groups in total.